The molecule has 0 heterocycles. The molecule has 0 unspecified atom stereocenters. The van der Waals surface area contributed by atoms with Crippen molar-refractivity contribution < 1.29 is 13.9 Å². The molecule has 0 aliphatic carbocycles. The second-order valence-corrected chi connectivity index (χ2v) is 8.01. The maximum Gasteiger partial charge on any atom is 0.279 e. The van der Waals surface area contributed by atoms with E-state index in [-0.39, 0.29) is 16.5 Å². The Balaban J connectivity index is 2.43. The molecule has 4 nitrogen and oxygen atoms in total. The number of hydrogen-bond donors (Lipinski definition) is 1. The Labute approximate surface area is 150 Å². The van der Waals surface area contributed by atoms with Crippen LogP contribution in [0.5, 0.6) is 0 Å². The molecule has 126 valence electrons. The van der Waals surface area contributed by atoms with Crippen LogP contribution in [0.3, 0.4) is 0 Å². The average Bonchev–Trinajstić information content (AvgIpc) is 2.60. The first-order chi connectivity index (χ1) is 11.5. The first-order valence-electron chi connectivity index (χ1n) is 7.21. The van der Waals surface area contributed by atoms with E-state index in [1.165, 1.54) is 0 Å². The van der Waals surface area contributed by atoms with Crippen LogP contribution in [0.25, 0.3) is 0 Å². The van der Waals surface area contributed by atoms with E-state index in [1.807, 2.05) is 0 Å². The summed E-state index contributed by atoms with van der Waals surface area (Å²) >= 11 is 11.8. The SMILES string of the molecule is CCO[P@@](=O)(C(NC(=O)c1ccccc1)=C(Cl)Cl)c1ccccc1. The quantitative estimate of drug-likeness (QED) is 0.737. The van der Waals surface area contributed by atoms with Crippen molar-refractivity contribution in [3.8, 4) is 0 Å². The van der Waals surface area contributed by atoms with E-state index in [9.17, 15) is 9.36 Å². The summed E-state index contributed by atoms with van der Waals surface area (Å²) < 4.78 is 18.6. The minimum atomic E-state index is -3.63. The lowest BCUT2D eigenvalue weighted by atomic mass is 10.2. The van der Waals surface area contributed by atoms with Gasteiger partial charge in [0.15, 0.2) is 0 Å². The summed E-state index contributed by atoms with van der Waals surface area (Å²) in [6.45, 7) is 1.87. The van der Waals surface area contributed by atoms with E-state index in [0.29, 0.717) is 10.9 Å². The third-order valence-electron chi connectivity index (χ3n) is 3.15. The number of benzene rings is 2. The third-order valence-corrected chi connectivity index (χ3v) is 6.31. The van der Waals surface area contributed by atoms with E-state index in [0.717, 1.165) is 0 Å². The van der Waals surface area contributed by atoms with Gasteiger partial charge in [-0.25, -0.2) is 0 Å². The summed E-state index contributed by atoms with van der Waals surface area (Å²) in [5.41, 5.74) is 0.258. The van der Waals surface area contributed by atoms with Gasteiger partial charge in [-0.3, -0.25) is 9.36 Å². The van der Waals surface area contributed by atoms with Crippen molar-refractivity contribution >= 4 is 41.8 Å². The van der Waals surface area contributed by atoms with Gasteiger partial charge in [0.25, 0.3) is 13.3 Å². The number of hydrogen-bond acceptors (Lipinski definition) is 3. The minimum Gasteiger partial charge on any atom is -0.321 e. The Morgan fingerprint density at radius 2 is 1.58 bits per heavy atom. The van der Waals surface area contributed by atoms with Gasteiger partial charge in [0.05, 0.1) is 6.61 Å². The third kappa shape index (κ3) is 4.28. The van der Waals surface area contributed by atoms with Crippen molar-refractivity contribution in [3.05, 3.63) is 76.2 Å². The van der Waals surface area contributed by atoms with E-state index in [2.05, 4.69) is 5.32 Å². The molecule has 0 aliphatic rings. The highest BCUT2D eigenvalue weighted by atomic mass is 35.5. The van der Waals surface area contributed by atoms with Gasteiger partial charge in [0.1, 0.15) is 9.93 Å². The van der Waals surface area contributed by atoms with E-state index < -0.39 is 13.3 Å². The Kier molecular flexibility index (Phi) is 6.64. The number of carbonyl (C=O) groups is 1. The van der Waals surface area contributed by atoms with E-state index >= 15 is 0 Å². The first kappa shape index (κ1) is 18.8. The highest BCUT2D eigenvalue weighted by Gasteiger charge is 2.34. The van der Waals surface area contributed by atoms with Gasteiger partial charge in [-0.15, -0.1) is 0 Å². The lowest BCUT2D eigenvalue weighted by molar-refractivity contribution is 0.0967. The number of halogens is 2. The van der Waals surface area contributed by atoms with Crippen LogP contribution in [0, 0.1) is 0 Å². The average molecular weight is 384 g/mol. The molecular formula is C17H16Cl2NO3P. The van der Waals surface area contributed by atoms with Crippen molar-refractivity contribution in [1.29, 1.82) is 0 Å². The fourth-order valence-electron chi connectivity index (χ4n) is 2.08. The maximum atomic E-state index is 13.5. The van der Waals surface area contributed by atoms with Gasteiger partial charge < -0.3 is 9.84 Å². The van der Waals surface area contributed by atoms with E-state index in [4.69, 9.17) is 27.7 Å². The molecule has 0 saturated heterocycles. The van der Waals surface area contributed by atoms with Crippen molar-refractivity contribution in [3.63, 3.8) is 0 Å². The molecule has 0 aliphatic heterocycles. The molecule has 0 aromatic heterocycles. The molecule has 0 bridgehead atoms. The predicted molar refractivity (Wildman–Crippen MR) is 97.9 cm³/mol. The molecule has 1 N–H and O–H groups in total. The molecule has 0 spiro atoms. The zero-order valence-corrected chi connectivity index (χ0v) is 15.3. The molecule has 24 heavy (non-hydrogen) atoms. The van der Waals surface area contributed by atoms with Crippen molar-refractivity contribution in [2.45, 2.75) is 6.92 Å². The van der Waals surface area contributed by atoms with Crippen molar-refractivity contribution in [2.24, 2.45) is 0 Å². The van der Waals surface area contributed by atoms with Crippen LogP contribution in [0.2, 0.25) is 0 Å². The normalized spacial score (nSPS) is 13.0. The molecule has 2 rings (SSSR count). The largest absolute Gasteiger partial charge is 0.321 e. The van der Waals surface area contributed by atoms with Crippen LogP contribution in [-0.4, -0.2) is 12.5 Å². The van der Waals surface area contributed by atoms with Crippen LogP contribution in [0.15, 0.2) is 70.6 Å². The minimum absolute atomic E-state index is 0.132. The molecule has 2 aromatic rings. The topological polar surface area (TPSA) is 55.4 Å². The van der Waals surface area contributed by atoms with Crippen LogP contribution in [0.1, 0.15) is 17.3 Å². The lowest BCUT2D eigenvalue weighted by Gasteiger charge is -2.22. The van der Waals surface area contributed by atoms with Crippen LogP contribution in [0.4, 0.5) is 0 Å². The predicted octanol–water partition coefficient (Wildman–Crippen LogP) is 4.66. The summed E-state index contributed by atoms with van der Waals surface area (Å²) in [6, 6.07) is 17.0. The Morgan fingerprint density at radius 3 is 2.08 bits per heavy atom. The highest BCUT2D eigenvalue weighted by Crippen LogP contribution is 2.54. The molecular weight excluding hydrogens is 368 g/mol. The second-order valence-electron chi connectivity index (χ2n) is 4.73. The van der Waals surface area contributed by atoms with Crippen molar-refractivity contribution in [1.82, 2.24) is 5.32 Å². The first-order valence-corrected chi connectivity index (χ1v) is 9.59. The maximum absolute atomic E-state index is 13.5. The number of rotatable bonds is 6. The number of nitrogens with one attached hydrogen (secondary N) is 1. The molecule has 0 saturated carbocycles. The smallest absolute Gasteiger partial charge is 0.279 e. The monoisotopic (exact) mass is 383 g/mol. The second kappa shape index (κ2) is 8.50. The van der Waals surface area contributed by atoms with Gasteiger partial charge in [0, 0.05) is 10.9 Å². The standard InChI is InChI=1S/C17H16Cl2NO3P/c1-2-23-24(22,14-11-7-4-8-12-14)17(15(18)19)20-16(21)13-9-5-3-6-10-13/h3-12H,2H2,1H3,(H,20,21)/t24-/m1/s1. The summed E-state index contributed by atoms with van der Waals surface area (Å²) in [7, 11) is -3.63. The van der Waals surface area contributed by atoms with Gasteiger partial charge in [0.2, 0.25) is 0 Å². The number of carbonyl (C=O) groups excluding carboxylic acids is 1. The molecule has 7 heteroatoms. The molecule has 2 aromatic carbocycles. The van der Waals surface area contributed by atoms with Crippen LogP contribution in [-0.2, 0) is 9.09 Å². The summed E-state index contributed by atoms with van der Waals surface area (Å²) in [6.07, 6.45) is 0. The van der Waals surface area contributed by atoms with E-state index in [1.54, 1.807) is 67.6 Å². The molecule has 1 amide bonds. The van der Waals surface area contributed by atoms with Crippen LogP contribution >= 0.6 is 30.6 Å². The lowest BCUT2D eigenvalue weighted by Crippen LogP contribution is -2.26. The van der Waals surface area contributed by atoms with Crippen LogP contribution < -0.4 is 10.6 Å². The molecule has 0 radical (unpaired) electrons. The Hall–Kier alpha value is -1.58. The fourth-order valence-corrected chi connectivity index (χ4v) is 4.77. The van der Waals surface area contributed by atoms with Crippen molar-refractivity contribution in [2.75, 3.05) is 6.61 Å². The van der Waals surface area contributed by atoms with Gasteiger partial charge in [-0.2, -0.15) is 0 Å². The Bertz CT molecular complexity index is 775. The van der Waals surface area contributed by atoms with Gasteiger partial charge in [-0.1, -0.05) is 59.6 Å². The molecule has 1 atom stereocenters. The number of amides is 1. The van der Waals surface area contributed by atoms with Gasteiger partial charge >= 0.3 is 0 Å². The highest BCUT2D eigenvalue weighted by molar-refractivity contribution is 7.71. The summed E-state index contributed by atoms with van der Waals surface area (Å²) in [4.78, 5) is 12.4. The van der Waals surface area contributed by atoms with Gasteiger partial charge in [-0.05, 0) is 31.2 Å². The zero-order valence-electron chi connectivity index (χ0n) is 12.9. The fraction of sp³-hybridized carbons (Fsp3) is 0.118. The summed E-state index contributed by atoms with van der Waals surface area (Å²) in [5, 5.41) is 2.94. The molecule has 0 fully saturated rings. The Morgan fingerprint density at radius 1 is 1.04 bits per heavy atom. The summed E-state index contributed by atoms with van der Waals surface area (Å²) in [5.74, 6) is -0.472. The zero-order chi connectivity index (χ0) is 17.6.